The molecule has 1 saturated carbocycles. The number of hydrogen-bond donors (Lipinski definition) is 1. The molecule has 1 aromatic carbocycles. The first-order valence-electron chi connectivity index (χ1n) is 7.08. The van der Waals surface area contributed by atoms with Crippen LogP contribution in [0.25, 0.3) is 0 Å². The van der Waals surface area contributed by atoms with Gasteiger partial charge in [-0.3, -0.25) is 0 Å². The molecular weight excluding hydrogens is 238 g/mol. The van der Waals surface area contributed by atoms with E-state index in [1.165, 1.54) is 47.5 Å². The molecule has 0 amide bonds. The molecule has 1 unspecified atom stereocenters. The number of thioether (sulfide) groups is 1. The zero-order chi connectivity index (χ0) is 13.0. The van der Waals surface area contributed by atoms with Gasteiger partial charge in [0.25, 0.3) is 0 Å². The summed E-state index contributed by atoms with van der Waals surface area (Å²) in [4.78, 5) is 1.45. The second-order valence-electron chi connectivity index (χ2n) is 5.52. The number of aryl methyl sites for hydroxylation is 2. The van der Waals surface area contributed by atoms with Gasteiger partial charge in [-0.2, -0.15) is 0 Å². The van der Waals surface area contributed by atoms with Crippen molar-refractivity contribution in [2.45, 2.75) is 50.5 Å². The molecule has 100 valence electrons. The van der Waals surface area contributed by atoms with Crippen molar-refractivity contribution in [1.82, 2.24) is 5.32 Å². The Morgan fingerprint density at radius 3 is 2.67 bits per heavy atom. The maximum Gasteiger partial charge on any atom is 0.0186 e. The molecule has 1 nitrogen and oxygen atoms in total. The molecule has 1 atom stereocenters. The normalized spacial score (nSPS) is 18.2. The van der Waals surface area contributed by atoms with Crippen LogP contribution in [0.1, 0.15) is 36.8 Å². The third kappa shape index (κ3) is 3.52. The molecule has 0 aromatic heterocycles. The van der Waals surface area contributed by atoms with Gasteiger partial charge in [-0.15, -0.1) is 11.8 Å². The van der Waals surface area contributed by atoms with Crippen LogP contribution >= 0.6 is 11.8 Å². The first-order chi connectivity index (χ1) is 8.70. The van der Waals surface area contributed by atoms with E-state index in [1.807, 2.05) is 11.8 Å². The molecule has 2 heteroatoms. The number of nitrogens with one attached hydrogen (secondary N) is 1. The van der Waals surface area contributed by atoms with E-state index >= 15 is 0 Å². The lowest BCUT2D eigenvalue weighted by molar-refractivity contribution is 0.410. The Labute approximate surface area is 116 Å². The van der Waals surface area contributed by atoms with Gasteiger partial charge in [-0.05, 0) is 51.3 Å². The summed E-state index contributed by atoms with van der Waals surface area (Å²) in [7, 11) is 2.12. The third-order valence-corrected chi connectivity index (χ3v) is 5.38. The van der Waals surface area contributed by atoms with Gasteiger partial charge >= 0.3 is 0 Å². The smallest absolute Gasteiger partial charge is 0.0186 e. The van der Waals surface area contributed by atoms with Gasteiger partial charge in [0.05, 0.1) is 0 Å². The van der Waals surface area contributed by atoms with Crippen LogP contribution in [0, 0.1) is 19.8 Å². The zero-order valence-electron chi connectivity index (χ0n) is 11.8. The molecule has 18 heavy (non-hydrogen) atoms. The SMILES string of the molecule is CNC(CSc1cc(C)ccc1C)C1CCCC1. The maximum absolute atomic E-state index is 3.53. The van der Waals surface area contributed by atoms with E-state index in [0.717, 1.165) is 5.92 Å². The van der Waals surface area contributed by atoms with Crippen LogP contribution in [0.4, 0.5) is 0 Å². The summed E-state index contributed by atoms with van der Waals surface area (Å²) in [6, 6.07) is 7.44. The fourth-order valence-electron chi connectivity index (χ4n) is 2.86. The number of hydrogen-bond acceptors (Lipinski definition) is 2. The van der Waals surface area contributed by atoms with Gasteiger partial charge in [0.2, 0.25) is 0 Å². The molecule has 2 rings (SSSR count). The first kappa shape index (κ1) is 14.0. The lowest BCUT2D eigenvalue weighted by Crippen LogP contribution is -2.34. The Hall–Kier alpha value is -0.470. The molecule has 0 aliphatic heterocycles. The monoisotopic (exact) mass is 263 g/mol. The van der Waals surface area contributed by atoms with Crippen LogP contribution in [0.2, 0.25) is 0 Å². The highest BCUT2D eigenvalue weighted by molar-refractivity contribution is 7.99. The van der Waals surface area contributed by atoms with Gasteiger partial charge in [0.1, 0.15) is 0 Å². The van der Waals surface area contributed by atoms with Crippen LogP contribution in [0.5, 0.6) is 0 Å². The Balaban J connectivity index is 1.94. The summed E-state index contributed by atoms with van der Waals surface area (Å²) in [6.45, 7) is 4.39. The quantitative estimate of drug-likeness (QED) is 0.800. The summed E-state index contributed by atoms with van der Waals surface area (Å²) in [5, 5.41) is 3.53. The standard InChI is InChI=1S/C16H25NS/c1-12-8-9-13(2)16(10-12)18-11-15(17-3)14-6-4-5-7-14/h8-10,14-15,17H,4-7,11H2,1-3H3. The average Bonchev–Trinajstić information content (AvgIpc) is 2.88. The lowest BCUT2D eigenvalue weighted by Gasteiger charge is -2.22. The molecule has 0 saturated heterocycles. The molecule has 1 aliphatic rings. The largest absolute Gasteiger partial charge is 0.316 e. The molecular formula is C16H25NS. The Morgan fingerprint density at radius 1 is 1.28 bits per heavy atom. The van der Waals surface area contributed by atoms with Gasteiger partial charge < -0.3 is 5.32 Å². The minimum Gasteiger partial charge on any atom is -0.316 e. The summed E-state index contributed by atoms with van der Waals surface area (Å²) < 4.78 is 0. The second-order valence-corrected chi connectivity index (χ2v) is 6.58. The number of rotatable bonds is 5. The van der Waals surface area contributed by atoms with Gasteiger partial charge in [-0.25, -0.2) is 0 Å². The maximum atomic E-state index is 3.53. The molecule has 0 bridgehead atoms. The van der Waals surface area contributed by atoms with E-state index in [-0.39, 0.29) is 0 Å². The highest BCUT2D eigenvalue weighted by Gasteiger charge is 2.23. The van der Waals surface area contributed by atoms with E-state index < -0.39 is 0 Å². The van der Waals surface area contributed by atoms with Crippen molar-refractivity contribution in [3.63, 3.8) is 0 Å². The van der Waals surface area contributed by atoms with Crippen LogP contribution < -0.4 is 5.32 Å². The third-order valence-electron chi connectivity index (χ3n) is 4.10. The fraction of sp³-hybridized carbons (Fsp3) is 0.625. The predicted octanol–water partition coefficient (Wildman–Crippen LogP) is 4.17. The van der Waals surface area contributed by atoms with Crippen molar-refractivity contribution in [3.8, 4) is 0 Å². The Morgan fingerprint density at radius 2 is 2.00 bits per heavy atom. The van der Waals surface area contributed by atoms with E-state index in [4.69, 9.17) is 0 Å². The summed E-state index contributed by atoms with van der Waals surface area (Å²) >= 11 is 2.02. The molecule has 1 aliphatic carbocycles. The fourth-order valence-corrected chi connectivity index (χ4v) is 4.22. The van der Waals surface area contributed by atoms with E-state index in [1.54, 1.807) is 0 Å². The van der Waals surface area contributed by atoms with Crippen LogP contribution in [-0.2, 0) is 0 Å². The highest BCUT2D eigenvalue weighted by Crippen LogP contribution is 2.31. The van der Waals surface area contributed by atoms with Crippen molar-refractivity contribution >= 4 is 11.8 Å². The number of benzene rings is 1. The van der Waals surface area contributed by atoms with Crippen LogP contribution in [0.3, 0.4) is 0 Å². The summed E-state index contributed by atoms with van der Waals surface area (Å²) in [5.74, 6) is 2.10. The van der Waals surface area contributed by atoms with Gasteiger partial charge in [0, 0.05) is 16.7 Å². The van der Waals surface area contributed by atoms with E-state index in [2.05, 4.69) is 44.4 Å². The summed E-state index contributed by atoms with van der Waals surface area (Å²) in [5.41, 5.74) is 2.77. The van der Waals surface area contributed by atoms with E-state index in [0.29, 0.717) is 6.04 Å². The van der Waals surface area contributed by atoms with Crippen molar-refractivity contribution in [2.24, 2.45) is 5.92 Å². The van der Waals surface area contributed by atoms with Crippen LogP contribution in [-0.4, -0.2) is 18.8 Å². The second kappa shape index (κ2) is 6.63. The predicted molar refractivity (Wildman–Crippen MR) is 81.4 cm³/mol. The average molecular weight is 263 g/mol. The minimum absolute atomic E-state index is 0.678. The molecule has 0 radical (unpaired) electrons. The molecule has 1 N–H and O–H groups in total. The lowest BCUT2D eigenvalue weighted by atomic mass is 10.0. The minimum atomic E-state index is 0.678. The topological polar surface area (TPSA) is 12.0 Å². The van der Waals surface area contributed by atoms with Crippen molar-refractivity contribution in [1.29, 1.82) is 0 Å². The van der Waals surface area contributed by atoms with Crippen LogP contribution in [0.15, 0.2) is 23.1 Å². The molecule has 0 heterocycles. The van der Waals surface area contributed by atoms with Gasteiger partial charge in [-0.1, -0.05) is 30.5 Å². The zero-order valence-corrected chi connectivity index (χ0v) is 12.6. The highest BCUT2D eigenvalue weighted by atomic mass is 32.2. The molecule has 1 fully saturated rings. The summed E-state index contributed by atoms with van der Waals surface area (Å²) in [6.07, 6.45) is 5.69. The Kier molecular flexibility index (Phi) is 5.13. The van der Waals surface area contributed by atoms with Crippen molar-refractivity contribution < 1.29 is 0 Å². The first-order valence-corrected chi connectivity index (χ1v) is 8.06. The molecule has 1 aromatic rings. The van der Waals surface area contributed by atoms with Crippen molar-refractivity contribution in [3.05, 3.63) is 29.3 Å². The van der Waals surface area contributed by atoms with Gasteiger partial charge in [0.15, 0.2) is 0 Å². The Bertz CT molecular complexity index is 383. The van der Waals surface area contributed by atoms with Crippen molar-refractivity contribution in [2.75, 3.05) is 12.8 Å². The van der Waals surface area contributed by atoms with E-state index in [9.17, 15) is 0 Å². The molecule has 0 spiro atoms.